The van der Waals surface area contributed by atoms with Gasteiger partial charge in [-0.1, -0.05) is 82.0 Å². The second-order valence-corrected chi connectivity index (χ2v) is 11.4. The lowest BCUT2D eigenvalue weighted by molar-refractivity contribution is -0.134. The summed E-state index contributed by atoms with van der Waals surface area (Å²) in [6.07, 6.45) is 5.44. The first-order valence-corrected chi connectivity index (χ1v) is 15.1. The number of benzene rings is 2. The van der Waals surface area contributed by atoms with Crippen molar-refractivity contribution in [2.45, 2.75) is 102 Å². The topological polar surface area (TPSA) is 143 Å². The van der Waals surface area contributed by atoms with Crippen LogP contribution < -0.4 is 21.7 Å². The first-order valence-electron chi connectivity index (χ1n) is 15.1. The number of rotatable bonds is 18. The first kappa shape index (κ1) is 32.8. The Morgan fingerprint density at radius 2 is 1.36 bits per heavy atom. The third-order valence-electron chi connectivity index (χ3n) is 7.57. The van der Waals surface area contributed by atoms with Gasteiger partial charge in [-0.2, -0.15) is 0 Å². The SMILES string of the molecule is CCCCCC(=O)NC(Cc1ccc(N)cc1)C(=O)NC(CCCC)C(=O)NC(Cc1ccccc1)C(=O)[C@@]1(C)CO1. The molecule has 3 rings (SSSR count). The summed E-state index contributed by atoms with van der Waals surface area (Å²) in [6, 6.07) is 14.1. The highest BCUT2D eigenvalue weighted by molar-refractivity contribution is 5.98. The third-order valence-corrected chi connectivity index (χ3v) is 7.57. The lowest BCUT2D eigenvalue weighted by Crippen LogP contribution is -2.57. The minimum absolute atomic E-state index is 0.194. The molecule has 3 unspecified atom stereocenters. The van der Waals surface area contributed by atoms with Gasteiger partial charge in [0.05, 0.1) is 12.6 Å². The molecule has 1 aliphatic rings. The van der Waals surface area contributed by atoms with Crippen molar-refractivity contribution < 1.29 is 23.9 Å². The zero-order chi connectivity index (χ0) is 30.5. The Labute approximate surface area is 249 Å². The number of nitrogens with one attached hydrogen (secondary N) is 3. The lowest BCUT2D eigenvalue weighted by Gasteiger charge is -2.26. The van der Waals surface area contributed by atoms with Gasteiger partial charge in [-0.25, -0.2) is 0 Å². The average Bonchev–Trinajstić information content (AvgIpc) is 3.74. The Balaban J connectivity index is 1.76. The predicted octanol–water partition coefficient (Wildman–Crippen LogP) is 3.64. The maximum absolute atomic E-state index is 13.6. The number of hydrogen-bond acceptors (Lipinski definition) is 6. The number of hydrogen-bond donors (Lipinski definition) is 4. The molecule has 0 bridgehead atoms. The van der Waals surface area contributed by atoms with Gasteiger partial charge in [-0.3, -0.25) is 19.2 Å². The molecule has 228 valence electrons. The number of nitrogens with two attached hydrogens (primary N) is 1. The Hall–Kier alpha value is -3.72. The summed E-state index contributed by atoms with van der Waals surface area (Å²) in [6.45, 7) is 6.10. The van der Waals surface area contributed by atoms with E-state index in [1.165, 1.54) is 0 Å². The molecule has 1 aliphatic heterocycles. The van der Waals surface area contributed by atoms with Crippen LogP contribution in [-0.2, 0) is 36.8 Å². The van der Waals surface area contributed by atoms with E-state index >= 15 is 0 Å². The van der Waals surface area contributed by atoms with Crippen molar-refractivity contribution in [2.24, 2.45) is 0 Å². The van der Waals surface area contributed by atoms with Gasteiger partial charge in [0.2, 0.25) is 17.7 Å². The van der Waals surface area contributed by atoms with Crippen LogP contribution in [0.2, 0.25) is 0 Å². The van der Waals surface area contributed by atoms with Gasteiger partial charge in [-0.05, 0) is 49.4 Å². The molecule has 4 atom stereocenters. The fourth-order valence-electron chi connectivity index (χ4n) is 4.80. The number of epoxide rings is 1. The maximum Gasteiger partial charge on any atom is 0.243 e. The van der Waals surface area contributed by atoms with Gasteiger partial charge < -0.3 is 26.4 Å². The van der Waals surface area contributed by atoms with Gasteiger partial charge in [0.1, 0.15) is 17.7 Å². The molecule has 1 fully saturated rings. The van der Waals surface area contributed by atoms with Crippen molar-refractivity contribution in [2.75, 3.05) is 12.3 Å². The molecule has 1 saturated heterocycles. The molecule has 0 saturated carbocycles. The molecule has 2 aromatic carbocycles. The average molecular weight is 579 g/mol. The highest BCUT2D eigenvalue weighted by atomic mass is 16.6. The van der Waals surface area contributed by atoms with Crippen molar-refractivity contribution in [1.82, 2.24) is 16.0 Å². The number of nitrogen functional groups attached to an aromatic ring is 1. The highest BCUT2D eigenvalue weighted by Crippen LogP contribution is 2.29. The number of carbonyl (C=O) groups excluding carboxylic acids is 4. The molecule has 0 aliphatic carbocycles. The molecule has 2 aromatic rings. The smallest absolute Gasteiger partial charge is 0.243 e. The van der Waals surface area contributed by atoms with Gasteiger partial charge >= 0.3 is 0 Å². The van der Waals surface area contributed by atoms with E-state index in [0.29, 0.717) is 38.0 Å². The molecule has 9 heteroatoms. The summed E-state index contributed by atoms with van der Waals surface area (Å²) in [7, 11) is 0. The van der Waals surface area contributed by atoms with Crippen LogP contribution >= 0.6 is 0 Å². The molecular weight excluding hydrogens is 532 g/mol. The molecule has 0 aromatic heterocycles. The lowest BCUT2D eigenvalue weighted by atomic mass is 9.94. The van der Waals surface area contributed by atoms with E-state index in [-0.39, 0.29) is 18.1 Å². The van der Waals surface area contributed by atoms with E-state index in [1.807, 2.05) is 49.4 Å². The number of amides is 3. The summed E-state index contributed by atoms with van der Waals surface area (Å²) in [5, 5.41) is 8.67. The number of anilines is 1. The number of unbranched alkanes of at least 4 members (excludes halogenated alkanes) is 3. The molecule has 5 N–H and O–H groups in total. The van der Waals surface area contributed by atoms with Crippen LogP contribution in [0, 0.1) is 0 Å². The van der Waals surface area contributed by atoms with E-state index in [9.17, 15) is 19.2 Å². The summed E-state index contributed by atoms with van der Waals surface area (Å²) in [4.78, 5) is 53.3. The van der Waals surface area contributed by atoms with E-state index in [4.69, 9.17) is 10.5 Å². The minimum atomic E-state index is -0.916. The molecular formula is C33H46N4O5. The summed E-state index contributed by atoms with van der Waals surface area (Å²) >= 11 is 0. The monoisotopic (exact) mass is 578 g/mol. The fraction of sp³-hybridized carbons (Fsp3) is 0.515. The van der Waals surface area contributed by atoms with Gasteiger partial charge in [-0.15, -0.1) is 0 Å². The quantitative estimate of drug-likeness (QED) is 0.121. The van der Waals surface area contributed by atoms with Crippen molar-refractivity contribution >= 4 is 29.2 Å². The van der Waals surface area contributed by atoms with Crippen LogP contribution in [0.5, 0.6) is 0 Å². The molecule has 9 nitrogen and oxygen atoms in total. The standard InChI is InChI=1S/C33H46N4O5/c1-4-6-9-15-29(38)35-28(21-24-16-18-25(34)19-17-24)32(41)36-26(14-7-5-2)31(40)37-27(30(39)33(3)22-42-33)20-23-12-10-8-11-13-23/h8,10-13,16-19,26-28H,4-7,9,14-15,20-22,34H2,1-3H3,(H,35,38)(H,36,41)(H,37,40)/t26?,27?,28?,33-/m1/s1. The summed E-state index contributed by atoms with van der Waals surface area (Å²) in [5.41, 5.74) is 7.25. The highest BCUT2D eigenvalue weighted by Gasteiger charge is 2.50. The summed E-state index contributed by atoms with van der Waals surface area (Å²) in [5.74, 6) is -1.29. The Morgan fingerprint density at radius 1 is 0.786 bits per heavy atom. The Morgan fingerprint density at radius 3 is 1.98 bits per heavy atom. The number of ether oxygens (including phenoxy) is 1. The van der Waals surface area contributed by atoms with Crippen molar-refractivity contribution in [3.63, 3.8) is 0 Å². The molecule has 0 radical (unpaired) electrons. The van der Waals surface area contributed by atoms with E-state index in [1.54, 1.807) is 19.1 Å². The molecule has 1 heterocycles. The van der Waals surface area contributed by atoms with Crippen LogP contribution in [0.3, 0.4) is 0 Å². The van der Waals surface area contributed by atoms with Crippen molar-refractivity contribution in [3.8, 4) is 0 Å². The van der Waals surface area contributed by atoms with Crippen LogP contribution in [-0.4, -0.2) is 53.8 Å². The number of carbonyl (C=O) groups is 4. The van der Waals surface area contributed by atoms with Crippen molar-refractivity contribution in [1.29, 1.82) is 0 Å². The fourth-order valence-corrected chi connectivity index (χ4v) is 4.80. The van der Waals surface area contributed by atoms with Gasteiger partial charge in [0, 0.05) is 18.5 Å². The van der Waals surface area contributed by atoms with Gasteiger partial charge in [0.15, 0.2) is 5.78 Å². The van der Waals surface area contributed by atoms with Crippen molar-refractivity contribution in [3.05, 3.63) is 65.7 Å². The predicted molar refractivity (Wildman–Crippen MR) is 164 cm³/mol. The Bertz CT molecular complexity index is 1180. The summed E-state index contributed by atoms with van der Waals surface area (Å²) < 4.78 is 5.40. The second kappa shape index (κ2) is 16.1. The normalized spacial score (nSPS) is 17.9. The number of Topliss-reactive ketones (excluding diaryl/α,β-unsaturated/α-hetero) is 1. The van der Waals surface area contributed by atoms with Crippen LogP contribution in [0.25, 0.3) is 0 Å². The zero-order valence-corrected chi connectivity index (χ0v) is 25.1. The van der Waals surface area contributed by atoms with E-state index in [2.05, 4.69) is 22.9 Å². The maximum atomic E-state index is 13.6. The Kier molecular flexibility index (Phi) is 12.5. The largest absolute Gasteiger partial charge is 0.399 e. The third kappa shape index (κ3) is 10.3. The zero-order valence-electron chi connectivity index (χ0n) is 25.1. The second-order valence-electron chi connectivity index (χ2n) is 11.4. The van der Waals surface area contributed by atoms with E-state index in [0.717, 1.165) is 36.8 Å². The van der Waals surface area contributed by atoms with Gasteiger partial charge in [0.25, 0.3) is 0 Å². The van der Waals surface area contributed by atoms with E-state index < -0.39 is 35.5 Å². The molecule has 42 heavy (non-hydrogen) atoms. The molecule has 0 spiro atoms. The number of ketones is 1. The van der Waals surface area contributed by atoms with Crippen LogP contribution in [0.1, 0.15) is 76.8 Å². The first-order chi connectivity index (χ1) is 20.1. The molecule has 3 amide bonds. The minimum Gasteiger partial charge on any atom is -0.399 e. The van der Waals surface area contributed by atoms with Crippen LogP contribution in [0.4, 0.5) is 5.69 Å². The van der Waals surface area contributed by atoms with Crippen LogP contribution in [0.15, 0.2) is 54.6 Å².